The van der Waals surface area contributed by atoms with E-state index in [1.807, 2.05) is 12.1 Å². The smallest absolute Gasteiger partial charge is 0.281 e. The highest BCUT2D eigenvalue weighted by atomic mass is 32.1. The van der Waals surface area contributed by atoms with Gasteiger partial charge in [0, 0.05) is 0 Å². The first-order valence-electron chi connectivity index (χ1n) is 6.86. The Morgan fingerprint density at radius 2 is 1.87 bits per heavy atom. The number of ether oxygens (including phenoxy) is 1. The number of anilines is 1. The van der Waals surface area contributed by atoms with Crippen LogP contribution in [0, 0.1) is 5.82 Å². The summed E-state index contributed by atoms with van der Waals surface area (Å²) in [5.74, 6) is -0.173. The Morgan fingerprint density at radius 1 is 1.17 bits per heavy atom. The molecule has 0 bridgehead atoms. The Kier molecular flexibility index (Phi) is 4.08. The van der Waals surface area contributed by atoms with E-state index < -0.39 is 11.7 Å². The normalized spacial score (nSPS) is 15.9. The highest BCUT2D eigenvalue weighted by Crippen LogP contribution is 2.25. The second kappa shape index (κ2) is 6.18. The first-order chi connectivity index (χ1) is 11.1. The number of hydrogen-bond acceptors (Lipinski definition) is 3. The van der Waals surface area contributed by atoms with Gasteiger partial charge in [0.25, 0.3) is 5.91 Å². The zero-order valence-electron chi connectivity index (χ0n) is 12.2. The maximum absolute atomic E-state index is 13.9. The molecule has 1 fully saturated rings. The molecule has 1 aliphatic rings. The number of hydrogen-bond donors (Lipinski definition) is 1. The summed E-state index contributed by atoms with van der Waals surface area (Å²) in [7, 11) is 1.58. The van der Waals surface area contributed by atoms with E-state index in [4.69, 9.17) is 17.0 Å². The number of para-hydroxylation sites is 1. The first-order valence-corrected chi connectivity index (χ1v) is 7.26. The number of carbonyl (C=O) groups is 1. The molecule has 1 amide bonds. The molecule has 2 aromatic rings. The van der Waals surface area contributed by atoms with E-state index in [1.54, 1.807) is 37.5 Å². The molecule has 4 nitrogen and oxygen atoms in total. The largest absolute Gasteiger partial charge is 0.497 e. The third kappa shape index (κ3) is 2.93. The molecule has 1 N–H and O–H groups in total. The highest BCUT2D eigenvalue weighted by molar-refractivity contribution is 7.80. The number of halogens is 1. The second-order valence-electron chi connectivity index (χ2n) is 4.85. The summed E-state index contributed by atoms with van der Waals surface area (Å²) in [6.45, 7) is 0. The Balaban J connectivity index is 1.91. The summed E-state index contributed by atoms with van der Waals surface area (Å²) in [6.07, 6.45) is 1.66. The molecule has 2 aromatic carbocycles. The molecule has 0 atom stereocenters. The third-order valence-corrected chi connectivity index (χ3v) is 3.68. The van der Waals surface area contributed by atoms with Gasteiger partial charge in [0.15, 0.2) is 5.11 Å². The minimum Gasteiger partial charge on any atom is -0.497 e. The molecule has 116 valence electrons. The second-order valence-corrected chi connectivity index (χ2v) is 5.24. The lowest BCUT2D eigenvalue weighted by molar-refractivity contribution is -0.113. The minimum absolute atomic E-state index is 0.133. The van der Waals surface area contributed by atoms with Gasteiger partial charge in [-0.25, -0.2) is 9.29 Å². The van der Waals surface area contributed by atoms with E-state index in [-0.39, 0.29) is 10.8 Å². The van der Waals surface area contributed by atoms with E-state index in [1.165, 1.54) is 12.1 Å². The highest BCUT2D eigenvalue weighted by Gasteiger charge is 2.33. The third-order valence-electron chi connectivity index (χ3n) is 3.40. The van der Waals surface area contributed by atoms with Crippen LogP contribution in [-0.2, 0) is 4.79 Å². The molecule has 3 rings (SSSR count). The molecule has 0 spiro atoms. The van der Waals surface area contributed by atoms with Crippen LogP contribution in [0.4, 0.5) is 10.1 Å². The lowest BCUT2D eigenvalue weighted by Crippen LogP contribution is -2.31. The topological polar surface area (TPSA) is 41.6 Å². The summed E-state index contributed by atoms with van der Waals surface area (Å²) >= 11 is 5.16. The lowest BCUT2D eigenvalue weighted by atomic mass is 10.2. The van der Waals surface area contributed by atoms with Crippen molar-refractivity contribution < 1.29 is 13.9 Å². The fourth-order valence-electron chi connectivity index (χ4n) is 2.25. The maximum atomic E-state index is 13.9. The van der Waals surface area contributed by atoms with Crippen LogP contribution in [0.1, 0.15) is 5.56 Å². The zero-order chi connectivity index (χ0) is 16.4. The van der Waals surface area contributed by atoms with Crippen molar-refractivity contribution in [1.82, 2.24) is 5.32 Å². The van der Waals surface area contributed by atoms with Crippen LogP contribution < -0.4 is 15.0 Å². The summed E-state index contributed by atoms with van der Waals surface area (Å²) < 4.78 is 19.0. The molecule has 0 radical (unpaired) electrons. The van der Waals surface area contributed by atoms with Crippen LogP contribution >= 0.6 is 12.2 Å². The SMILES string of the molecule is COc1ccc(/C=C2\NC(=S)N(c3ccccc3F)C2=O)cc1. The van der Waals surface area contributed by atoms with Crippen molar-refractivity contribution in [1.29, 1.82) is 0 Å². The monoisotopic (exact) mass is 328 g/mol. The Bertz CT molecular complexity index is 802. The number of benzene rings is 2. The molecule has 1 saturated heterocycles. The van der Waals surface area contributed by atoms with Crippen molar-refractivity contribution in [3.63, 3.8) is 0 Å². The van der Waals surface area contributed by atoms with Crippen molar-refractivity contribution >= 4 is 35.0 Å². The van der Waals surface area contributed by atoms with Crippen LogP contribution in [0.5, 0.6) is 5.75 Å². The van der Waals surface area contributed by atoms with Gasteiger partial charge < -0.3 is 10.1 Å². The number of nitrogens with one attached hydrogen (secondary N) is 1. The van der Waals surface area contributed by atoms with Crippen LogP contribution in [-0.4, -0.2) is 18.1 Å². The molecule has 0 aliphatic carbocycles. The average Bonchev–Trinajstić information content (AvgIpc) is 2.83. The molecular weight excluding hydrogens is 315 g/mol. The van der Waals surface area contributed by atoms with Crippen molar-refractivity contribution in [3.05, 3.63) is 65.6 Å². The minimum atomic E-state index is -0.504. The van der Waals surface area contributed by atoms with E-state index in [0.29, 0.717) is 5.70 Å². The van der Waals surface area contributed by atoms with Gasteiger partial charge in [-0.15, -0.1) is 0 Å². The van der Waals surface area contributed by atoms with Gasteiger partial charge in [-0.1, -0.05) is 24.3 Å². The molecule has 0 unspecified atom stereocenters. The van der Waals surface area contributed by atoms with Crippen LogP contribution in [0.2, 0.25) is 0 Å². The van der Waals surface area contributed by atoms with Crippen molar-refractivity contribution in [3.8, 4) is 5.75 Å². The maximum Gasteiger partial charge on any atom is 0.281 e. The number of rotatable bonds is 3. The Morgan fingerprint density at radius 3 is 2.52 bits per heavy atom. The zero-order valence-corrected chi connectivity index (χ0v) is 13.1. The van der Waals surface area contributed by atoms with Gasteiger partial charge in [-0.2, -0.15) is 0 Å². The summed E-state index contributed by atoms with van der Waals surface area (Å²) in [6, 6.07) is 13.2. The van der Waals surface area contributed by atoms with Crippen molar-refractivity contribution in [2.75, 3.05) is 12.0 Å². The summed E-state index contributed by atoms with van der Waals surface area (Å²) in [4.78, 5) is 13.7. The number of carbonyl (C=O) groups excluding carboxylic acids is 1. The fraction of sp³-hybridized carbons (Fsp3) is 0.0588. The molecule has 1 heterocycles. The fourth-order valence-corrected chi connectivity index (χ4v) is 2.54. The first kappa shape index (κ1) is 15.2. The van der Waals surface area contributed by atoms with Crippen LogP contribution in [0.15, 0.2) is 54.2 Å². The summed E-state index contributed by atoms with van der Waals surface area (Å²) in [5, 5.41) is 2.98. The van der Waals surface area contributed by atoms with Crippen LogP contribution in [0.3, 0.4) is 0 Å². The standard InChI is InChI=1S/C17H13FN2O2S/c1-22-12-8-6-11(7-9-12)10-14-16(21)20(17(23)19-14)15-5-3-2-4-13(15)18/h2-10H,1H3,(H,19,23)/b14-10-. The molecular formula is C17H13FN2O2S. The predicted octanol–water partition coefficient (Wildman–Crippen LogP) is 3.10. The van der Waals surface area contributed by atoms with Gasteiger partial charge in [0.1, 0.15) is 17.3 Å². The molecule has 6 heteroatoms. The average molecular weight is 328 g/mol. The molecule has 1 aliphatic heterocycles. The Labute approximate surface area is 138 Å². The van der Waals surface area contributed by atoms with Crippen LogP contribution in [0.25, 0.3) is 6.08 Å². The van der Waals surface area contributed by atoms with Gasteiger partial charge in [0.2, 0.25) is 0 Å². The predicted molar refractivity (Wildman–Crippen MR) is 90.6 cm³/mol. The molecule has 0 aromatic heterocycles. The number of amides is 1. The Hall–Kier alpha value is -2.73. The molecule has 0 saturated carbocycles. The van der Waals surface area contributed by atoms with E-state index in [2.05, 4.69) is 5.32 Å². The van der Waals surface area contributed by atoms with Crippen molar-refractivity contribution in [2.45, 2.75) is 0 Å². The van der Waals surface area contributed by atoms with Gasteiger partial charge >= 0.3 is 0 Å². The quantitative estimate of drug-likeness (QED) is 0.694. The van der Waals surface area contributed by atoms with Gasteiger partial charge in [-0.05, 0) is 48.1 Å². The van der Waals surface area contributed by atoms with Gasteiger partial charge in [0.05, 0.1) is 12.8 Å². The number of nitrogens with zero attached hydrogens (tertiary/aromatic N) is 1. The molecule has 23 heavy (non-hydrogen) atoms. The van der Waals surface area contributed by atoms with E-state index in [0.717, 1.165) is 16.2 Å². The van der Waals surface area contributed by atoms with E-state index >= 15 is 0 Å². The van der Waals surface area contributed by atoms with E-state index in [9.17, 15) is 9.18 Å². The van der Waals surface area contributed by atoms with Gasteiger partial charge in [-0.3, -0.25) is 4.79 Å². The number of thiocarbonyl (C=S) groups is 1. The summed E-state index contributed by atoms with van der Waals surface area (Å²) in [5.41, 5.74) is 1.23. The lowest BCUT2D eigenvalue weighted by Gasteiger charge is -2.14. The van der Waals surface area contributed by atoms with Crippen molar-refractivity contribution in [2.24, 2.45) is 0 Å². The number of methoxy groups -OCH3 is 1.